The number of hydrogen-bond donors (Lipinski definition) is 1. The van der Waals surface area contributed by atoms with Crippen LogP contribution in [0.25, 0.3) is 11.0 Å². The first-order valence-electron chi connectivity index (χ1n) is 6.59. The van der Waals surface area contributed by atoms with Crippen molar-refractivity contribution in [3.05, 3.63) is 30.1 Å². The van der Waals surface area contributed by atoms with Crippen LogP contribution < -0.4 is 5.32 Å². The first kappa shape index (κ1) is 14.8. The monoisotopic (exact) mass is 285 g/mol. The van der Waals surface area contributed by atoms with Gasteiger partial charge >= 0.3 is 6.18 Å². The molecule has 0 fully saturated rings. The molecule has 0 aliphatic carbocycles. The Balaban J connectivity index is 2.26. The summed E-state index contributed by atoms with van der Waals surface area (Å²) in [6.07, 6.45) is -1.63. The number of hydrogen-bond acceptors (Lipinski definition) is 2. The number of nitrogens with zero attached hydrogens (tertiary/aromatic N) is 2. The molecule has 0 atom stereocenters. The van der Waals surface area contributed by atoms with Crippen LogP contribution in [0.15, 0.2) is 24.5 Å². The molecule has 2 heterocycles. The highest BCUT2D eigenvalue weighted by molar-refractivity contribution is 5.80. The second-order valence-corrected chi connectivity index (χ2v) is 5.12. The van der Waals surface area contributed by atoms with E-state index in [9.17, 15) is 13.2 Å². The summed E-state index contributed by atoms with van der Waals surface area (Å²) in [5.41, 5.74) is 1.58. The summed E-state index contributed by atoms with van der Waals surface area (Å²) in [6.45, 7) is 4.58. The van der Waals surface area contributed by atoms with Crippen LogP contribution in [0.1, 0.15) is 25.8 Å². The highest BCUT2D eigenvalue weighted by Crippen LogP contribution is 2.24. The van der Waals surface area contributed by atoms with Crippen LogP contribution in [0.5, 0.6) is 0 Å². The number of alkyl halides is 3. The predicted octanol–water partition coefficient (Wildman–Crippen LogP) is 3.49. The van der Waals surface area contributed by atoms with E-state index in [1.165, 1.54) is 0 Å². The largest absolute Gasteiger partial charge is 0.390 e. The van der Waals surface area contributed by atoms with Crippen molar-refractivity contribution in [2.75, 3.05) is 0 Å². The van der Waals surface area contributed by atoms with Gasteiger partial charge < -0.3 is 9.88 Å². The van der Waals surface area contributed by atoms with E-state index in [1.54, 1.807) is 23.0 Å². The third-order valence-corrected chi connectivity index (χ3v) is 3.05. The molecule has 0 saturated carbocycles. The zero-order valence-electron chi connectivity index (χ0n) is 11.5. The number of rotatable bonds is 5. The molecule has 2 aromatic heterocycles. The van der Waals surface area contributed by atoms with Crippen molar-refractivity contribution in [2.45, 2.75) is 45.6 Å². The third kappa shape index (κ3) is 3.72. The topological polar surface area (TPSA) is 29.9 Å². The van der Waals surface area contributed by atoms with Gasteiger partial charge in [0.15, 0.2) is 0 Å². The molecule has 2 rings (SSSR count). The standard InChI is InChI=1S/C14H18F3N3/c1-10(2)19-8-11-9-20(7-5-14(15,16)17)13-12(11)4-3-6-18-13/h3-4,6,9-10,19H,5,7-8H2,1-2H3. The number of pyridine rings is 1. The van der Waals surface area contributed by atoms with Crippen LogP contribution in [0.3, 0.4) is 0 Å². The van der Waals surface area contributed by atoms with E-state index >= 15 is 0 Å². The van der Waals surface area contributed by atoms with Gasteiger partial charge in [-0.05, 0) is 17.7 Å². The maximum absolute atomic E-state index is 12.4. The minimum absolute atomic E-state index is 0.0985. The van der Waals surface area contributed by atoms with E-state index in [4.69, 9.17) is 0 Å². The zero-order valence-corrected chi connectivity index (χ0v) is 11.5. The summed E-state index contributed by atoms with van der Waals surface area (Å²) in [5, 5.41) is 4.18. The van der Waals surface area contributed by atoms with E-state index < -0.39 is 12.6 Å². The van der Waals surface area contributed by atoms with E-state index in [0.29, 0.717) is 18.2 Å². The van der Waals surface area contributed by atoms with Gasteiger partial charge in [-0.15, -0.1) is 0 Å². The number of fused-ring (bicyclic) bond motifs is 1. The number of halogens is 3. The molecule has 0 radical (unpaired) electrons. The molecule has 0 aromatic carbocycles. The molecule has 0 bridgehead atoms. The summed E-state index contributed by atoms with van der Waals surface area (Å²) in [7, 11) is 0. The Bertz CT molecular complexity index is 573. The van der Waals surface area contributed by atoms with Crippen molar-refractivity contribution >= 4 is 11.0 Å². The van der Waals surface area contributed by atoms with Crippen molar-refractivity contribution in [3.63, 3.8) is 0 Å². The quantitative estimate of drug-likeness (QED) is 0.911. The molecule has 0 aliphatic rings. The molecule has 1 N–H and O–H groups in total. The Hall–Kier alpha value is -1.56. The van der Waals surface area contributed by atoms with Gasteiger partial charge in [0.1, 0.15) is 5.65 Å². The molecule has 0 amide bonds. The van der Waals surface area contributed by atoms with Gasteiger partial charge in [0.2, 0.25) is 0 Å². The Morgan fingerprint density at radius 3 is 2.75 bits per heavy atom. The summed E-state index contributed by atoms with van der Waals surface area (Å²) >= 11 is 0. The number of aromatic nitrogens is 2. The van der Waals surface area contributed by atoms with Crippen LogP contribution in [0, 0.1) is 0 Å². The van der Waals surface area contributed by atoms with Crippen LogP contribution in [-0.2, 0) is 13.1 Å². The fraction of sp³-hybridized carbons (Fsp3) is 0.500. The van der Waals surface area contributed by atoms with Gasteiger partial charge in [0.05, 0.1) is 6.42 Å². The van der Waals surface area contributed by atoms with Gasteiger partial charge in [-0.2, -0.15) is 13.2 Å². The smallest absolute Gasteiger partial charge is 0.332 e. The summed E-state index contributed by atoms with van der Waals surface area (Å²) in [5.74, 6) is 0. The lowest BCUT2D eigenvalue weighted by molar-refractivity contribution is -0.136. The van der Waals surface area contributed by atoms with E-state index in [-0.39, 0.29) is 6.54 Å². The van der Waals surface area contributed by atoms with Gasteiger partial charge in [0, 0.05) is 36.9 Å². The summed E-state index contributed by atoms with van der Waals surface area (Å²) < 4.78 is 38.7. The third-order valence-electron chi connectivity index (χ3n) is 3.05. The first-order valence-corrected chi connectivity index (χ1v) is 6.59. The Morgan fingerprint density at radius 2 is 2.10 bits per heavy atom. The van der Waals surface area contributed by atoms with Gasteiger partial charge in [-0.1, -0.05) is 13.8 Å². The Labute approximate surface area is 115 Å². The summed E-state index contributed by atoms with van der Waals surface area (Å²) in [4.78, 5) is 4.20. The van der Waals surface area contributed by atoms with Gasteiger partial charge in [-0.3, -0.25) is 0 Å². The normalized spacial score (nSPS) is 12.5. The lowest BCUT2D eigenvalue weighted by Crippen LogP contribution is -2.21. The minimum Gasteiger partial charge on any atom is -0.332 e. The molecule has 110 valence electrons. The van der Waals surface area contributed by atoms with Crippen molar-refractivity contribution in [1.82, 2.24) is 14.9 Å². The van der Waals surface area contributed by atoms with E-state index in [0.717, 1.165) is 10.9 Å². The molecule has 0 unspecified atom stereocenters. The number of nitrogens with one attached hydrogen (secondary N) is 1. The van der Waals surface area contributed by atoms with E-state index in [1.807, 2.05) is 19.9 Å². The molecule has 6 heteroatoms. The highest BCUT2D eigenvalue weighted by Gasteiger charge is 2.27. The van der Waals surface area contributed by atoms with Crippen LogP contribution >= 0.6 is 0 Å². The second kappa shape index (κ2) is 5.83. The molecule has 2 aromatic rings. The molecular formula is C14H18F3N3. The molecule has 0 aliphatic heterocycles. The van der Waals surface area contributed by atoms with Crippen LogP contribution in [0.4, 0.5) is 13.2 Å². The predicted molar refractivity (Wildman–Crippen MR) is 72.4 cm³/mol. The fourth-order valence-corrected chi connectivity index (χ4v) is 2.07. The molecule has 3 nitrogen and oxygen atoms in total. The number of aryl methyl sites for hydroxylation is 1. The maximum atomic E-state index is 12.4. The average Bonchev–Trinajstić information content (AvgIpc) is 2.71. The Morgan fingerprint density at radius 1 is 1.35 bits per heavy atom. The molecule has 0 spiro atoms. The molecule has 0 saturated heterocycles. The lowest BCUT2D eigenvalue weighted by Gasteiger charge is -2.07. The highest BCUT2D eigenvalue weighted by atomic mass is 19.4. The second-order valence-electron chi connectivity index (χ2n) is 5.12. The zero-order chi connectivity index (χ0) is 14.8. The van der Waals surface area contributed by atoms with Crippen LogP contribution in [-0.4, -0.2) is 21.8 Å². The lowest BCUT2D eigenvalue weighted by atomic mass is 10.2. The summed E-state index contributed by atoms with van der Waals surface area (Å²) in [6, 6.07) is 4.01. The van der Waals surface area contributed by atoms with Crippen molar-refractivity contribution in [3.8, 4) is 0 Å². The van der Waals surface area contributed by atoms with Crippen LogP contribution in [0.2, 0.25) is 0 Å². The Kier molecular flexibility index (Phi) is 4.32. The fourth-order valence-electron chi connectivity index (χ4n) is 2.07. The SMILES string of the molecule is CC(C)NCc1cn(CCC(F)(F)F)c2ncccc12. The van der Waals surface area contributed by atoms with Crippen molar-refractivity contribution < 1.29 is 13.2 Å². The van der Waals surface area contributed by atoms with E-state index in [2.05, 4.69) is 10.3 Å². The average molecular weight is 285 g/mol. The van der Waals surface area contributed by atoms with Crippen molar-refractivity contribution in [2.24, 2.45) is 0 Å². The first-order chi connectivity index (χ1) is 9.37. The molecule has 20 heavy (non-hydrogen) atoms. The van der Waals surface area contributed by atoms with Crippen molar-refractivity contribution in [1.29, 1.82) is 0 Å². The minimum atomic E-state index is -4.15. The van der Waals surface area contributed by atoms with Gasteiger partial charge in [-0.25, -0.2) is 4.98 Å². The molecular weight excluding hydrogens is 267 g/mol. The van der Waals surface area contributed by atoms with Gasteiger partial charge in [0.25, 0.3) is 0 Å². The maximum Gasteiger partial charge on any atom is 0.390 e.